The molecule has 1 aliphatic rings. The molecule has 1 fully saturated rings. The SMILES string of the molecule is CC(C)CN(CC(C)C)C(=O)CN(C)C1CCCNCC1. The molecule has 1 rings (SSSR count). The van der Waals surface area contributed by atoms with Crippen LogP contribution in [0.1, 0.15) is 47.0 Å². The molecule has 1 amide bonds. The lowest BCUT2D eigenvalue weighted by molar-refractivity contribution is -0.133. The summed E-state index contributed by atoms with van der Waals surface area (Å²) in [7, 11) is 2.11. The molecule has 0 aromatic carbocycles. The number of amides is 1. The zero-order chi connectivity index (χ0) is 15.8. The fourth-order valence-corrected chi connectivity index (χ4v) is 3.04. The summed E-state index contributed by atoms with van der Waals surface area (Å²) in [6, 6.07) is 0.545. The van der Waals surface area contributed by atoms with E-state index in [0.29, 0.717) is 24.4 Å². The van der Waals surface area contributed by atoms with Gasteiger partial charge in [-0.15, -0.1) is 0 Å². The Morgan fingerprint density at radius 2 is 1.71 bits per heavy atom. The second-order valence-corrected chi connectivity index (χ2v) is 7.34. The molecule has 0 spiro atoms. The first-order valence-corrected chi connectivity index (χ1v) is 8.58. The van der Waals surface area contributed by atoms with Gasteiger partial charge in [0.2, 0.25) is 5.91 Å². The van der Waals surface area contributed by atoms with E-state index in [1.54, 1.807) is 0 Å². The van der Waals surface area contributed by atoms with Gasteiger partial charge in [-0.3, -0.25) is 9.69 Å². The topological polar surface area (TPSA) is 35.6 Å². The van der Waals surface area contributed by atoms with Crippen molar-refractivity contribution in [3.05, 3.63) is 0 Å². The van der Waals surface area contributed by atoms with Crippen molar-refractivity contribution in [1.29, 1.82) is 0 Å². The predicted molar refractivity (Wildman–Crippen MR) is 89.4 cm³/mol. The van der Waals surface area contributed by atoms with Crippen LogP contribution in [-0.4, -0.2) is 61.5 Å². The van der Waals surface area contributed by atoms with E-state index < -0.39 is 0 Å². The third-order valence-corrected chi connectivity index (χ3v) is 4.08. The van der Waals surface area contributed by atoms with Gasteiger partial charge in [0.05, 0.1) is 6.54 Å². The van der Waals surface area contributed by atoms with E-state index in [-0.39, 0.29) is 5.91 Å². The van der Waals surface area contributed by atoms with Gasteiger partial charge < -0.3 is 10.2 Å². The molecule has 0 aromatic heterocycles. The molecule has 1 unspecified atom stereocenters. The average molecular weight is 297 g/mol. The first-order chi connectivity index (χ1) is 9.90. The molecule has 1 N–H and O–H groups in total. The van der Waals surface area contributed by atoms with Crippen LogP contribution >= 0.6 is 0 Å². The summed E-state index contributed by atoms with van der Waals surface area (Å²) in [4.78, 5) is 16.9. The number of carbonyl (C=O) groups is 1. The molecule has 1 saturated heterocycles. The summed E-state index contributed by atoms with van der Waals surface area (Å²) in [5.74, 6) is 1.34. The number of nitrogens with zero attached hydrogens (tertiary/aromatic N) is 2. The Morgan fingerprint density at radius 3 is 2.29 bits per heavy atom. The highest BCUT2D eigenvalue weighted by Crippen LogP contribution is 2.13. The van der Waals surface area contributed by atoms with Crippen LogP contribution < -0.4 is 5.32 Å². The molecule has 124 valence electrons. The summed E-state index contributed by atoms with van der Waals surface area (Å²) in [5, 5.41) is 3.44. The minimum atomic E-state index is 0.289. The smallest absolute Gasteiger partial charge is 0.236 e. The third-order valence-electron chi connectivity index (χ3n) is 4.08. The van der Waals surface area contributed by atoms with Crippen molar-refractivity contribution in [2.24, 2.45) is 11.8 Å². The van der Waals surface area contributed by atoms with Gasteiger partial charge >= 0.3 is 0 Å². The fourth-order valence-electron chi connectivity index (χ4n) is 3.04. The van der Waals surface area contributed by atoms with Crippen molar-refractivity contribution >= 4 is 5.91 Å². The van der Waals surface area contributed by atoms with Gasteiger partial charge in [-0.1, -0.05) is 27.7 Å². The number of likely N-dealkylation sites (N-methyl/N-ethyl adjacent to an activating group) is 1. The van der Waals surface area contributed by atoms with Crippen molar-refractivity contribution in [3.63, 3.8) is 0 Å². The van der Waals surface area contributed by atoms with Crippen LogP contribution in [0.15, 0.2) is 0 Å². The van der Waals surface area contributed by atoms with Crippen LogP contribution in [0, 0.1) is 11.8 Å². The van der Waals surface area contributed by atoms with E-state index in [4.69, 9.17) is 0 Å². The van der Waals surface area contributed by atoms with E-state index in [0.717, 1.165) is 32.6 Å². The molecule has 4 heteroatoms. The molecule has 0 aliphatic carbocycles. The van der Waals surface area contributed by atoms with E-state index in [2.05, 4.69) is 49.9 Å². The fraction of sp³-hybridized carbons (Fsp3) is 0.941. The van der Waals surface area contributed by atoms with Crippen molar-refractivity contribution in [2.75, 3.05) is 39.8 Å². The number of hydrogen-bond acceptors (Lipinski definition) is 3. The second kappa shape index (κ2) is 9.42. The zero-order valence-electron chi connectivity index (χ0n) is 14.7. The molecule has 21 heavy (non-hydrogen) atoms. The standard InChI is InChI=1S/C17H35N3O/c1-14(2)11-20(12-15(3)4)17(21)13-19(5)16-7-6-9-18-10-8-16/h14-16,18H,6-13H2,1-5H3. The Kier molecular flexibility index (Phi) is 8.27. The number of carbonyl (C=O) groups excluding carboxylic acids is 1. The zero-order valence-corrected chi connectivity index (χ0v) is 14.7. The molecule has 1 aliphatic heterocycles. The molecule has 4 nitrogen and oxygen atoms in total. The summed E-state index contributed by atoms with van der Waals surface area (Å²) in [5.41, 5.74) is 0. The normalized spacial score (nSPS) is 20.1. The highest BCUT2D eigenvalue weighted by Gasteiger charge is 2.22. The molecule has 0 aromatic rings. The van der Waals surface area contributed by atoms with Crippen molar-refractivity contribution in [2.45, 2.75) is 53.0 Å². The highest BCUT2D eigenvalue weighted by molar-refractivity contribution is 5.78. The molecule has 0 bridgehead atoms. The van der Waals surface area contributed by atoms with Gasteiger partial charge in [0.25, 0.3) is 0 Å². The van der Waals surface area contributed by atoms with Crippen LogP contribution in [0.3, 0.4) is 0 Å². The Hall–Kier alpha value is -0.610. The van der Waals surface area contributed by atoms with Crippen LogP contribution in [0.5, 0.6) is 0 Å². The van der Waals surface area contributed by atoms with Crippen molar-refractivity contribution in [3.8, 4) is 0 Å². The van der Waals surface area contributed by atoms with Crippen LogP contribution in [0.4, 0.5) is 0 Å². The van der Waals surface area contributed by atoms with Gasteiger partial charge in [0.15, 0.2) is 0 Å². The first kappa shape index (κ1) is 18.4. The quantitative estimate of drug-likeness (QED) is 0.782. The maximum atomic E-state index is 12.6. The van der Waals surface area contributed by atoms with Crippen LogP contribution in [0.25, 0.3) is 0 Å². The molecular weight excluding hydrogens is 262 g/mol. The lowest BCUT2D eigenvalue weighted by atomic mass is 10.1. The van der Waals surface area contributed by atoms with E-state index >= 15 is 0 Å². The number of rotatable bonds is 7. The van der Waals surface area contributed by atoms with E-state index in [1.807, 2.05) is 0 Å². The predicted octanol–water partition coefficient (Wildman–Crippen LogP) is 2.20. The van der Waals surface area contributed by atoms with Gasteiger partial charge in [-0.2, -0.15) is 0 Å². The molecule has 0 saturated carbocycles. The number of nitrogens with one attached hydrogen (secondary N) is 1. The van der Waals surface area contributed by atoms with Gasteiger partial charge in [0, 0.05) is 19.1 Å². The number of hydrogen-bond donors (Lipinski definition) is 1. The monoisotopic (exact) mass is 297 g/mol. The second-order valence-electron chi connectivity index (χ2n) is 7.34. The Labute approximate surface area is 131 Å². The van der Waals surface area contributed by atoms with Crippen LogP contribution in [-0.2, 0) is 4.79 Å². The third kappa shape index (κ3) is 7.28. The molecule has 0 radical (unpaired) electrons. The van der Waals surface area contributed by atoms with Gasteiger partial charge in [-0.25, -0.2) is 0 Å². The Morgan fingerprint density at radius 1 is 1.10 bits per heavy atom. The Bertz CT molecular complexity index is 286. The maximum Gasteiger partial charge on any atom is 0.236 e. The maximum absolute atomic E-state index is 12.6. The first-order valence-electron chi connectivity index (χ1n) is 8.58. The average Bonchev–Trinajstić information content (AvgIpc) is 2.65. The molecule has 1 heterocycles. The van der Waals surface area contributed by atoms with E-state index in [9.17, 15) is 4.79 Å². The van der Waals surface area contributed by atoms with Crippen molar-refractivity contribution in [1.82, 2.24) is 15.1 Å². The Balaban J connectivity index is 2.53. The summed E-state index contributed by atoms with van der Waals surface area (Å²) in [6.45, 7) is 13.2. The summed E-state index contributed by atoms with van der Waals surface area (Å²) >= 11 is 0. The summed E-state index contributed by atoms with van der Waals surface area (Å²) < 4.78 is 0. The highest BCUT2D eigenvalue weighted by atomic mass is 16.2. The largest absolute Gasteiger partial charge is 0.341 e. The minimum Gasteiger partial charge on any atom is -0.341 e. The molecule has 1 atom stereocenters. The van der Waals surface area contributed by atoms with Crippen molar-refractivity contribution < 1.29 is 4.79 Å². The summed E-state index contributed by atoms with van der Waals surface area (Å²) in [6.07, 6.45) is 3.56. The van der Waals surface area contributed by atoms with Gasteiger partial charge in [-0.05, 0) is 51.2 Å². The molecular formula is C17H35N3O. The lowest BCUT2D eigenvalue weighted by Crippen LogP contribution is -2.45. The lowest BCUT2D eigenvalue weighted by Gasteiger charge is -2.31. The van der Waals surface area contributed by atoms with Crippen LogP contribution in [0.2, 0.25) is 0 Å². The van der Waals surface area contributed by atoms with Gasteiger partial charge in [0.1, 0.15) is 0 Å². The minimum absolute atomic E-state index is 0.289. The van der Waals surface area contributed by atoms with E-state index in [1.165, 1.54) is 12.8 Å².